The molecule has 1 atom stereocenters. The summed E-state index contributed by atoms with van der Waals surface area (Å²) in [5.41, 5.74) is 1.06. The van der Waals surface area contributed by atoms with Crippen LogP contribution in [0.15, 0.2) is 12.2 Å². The summed E-state index contributed by atoms with van der Waals surface area (Å²) in [4.78, 5) is 0. The van der Waals surface area contributed by atoms with Crippen LogP contribution in [0.5, 0.6) is 0 Å². The van der Waals surface area contributed by atoms with Crippen LogP contribution in [-0.4, -0.2) is 31.2 Å². The molecule has 0 aromatic rings. The zero-order valence-electron chi connectivity index (χ0n) is 7.67. The first-order chi connectivity index (χ1) is 5.64. The van der Waals surface area contributed by atoms with Crippen molar-refractivity contribution < 1.29 is 14.6 Å². The Balaban J connectivity index is 2.70. The molecule has 1 fully saturated rings. The molecule has 1 N–H and O–H groups in total. The smallest absolute Gasteiger partial charge is 0.194 e. The van der Waals surface area contributed by atoms with Gasteiger partial charge in [0.25, 0.3) is 0 Å². The quantitative estimate of drug-likeness (QED) is 0.500. The van der Waals surface area contributed by atoms with Gasteiger partial charge in [-0.25, -0.2) is 0 Å². The van der Waals surface area contributed by atoms with Gasteiger partial charge in [-0.2, -0.15) is 0 Å². The molecule has 3 nitrogen and oxygen atoms in total. The first kappa shape index (κ1) is 9.71. The van der Waals surface area contributed by atoms with Crippen LogP contribution in [0, 0.1) is 0 Å². The fraction of sp³-hybridized carbons (Fsp3) is 0.778. The van der Waals surface area contributed by atoms with Gasteiger partial charge in [0.2, 0.25) is 0 Å². The molecule has 1 unspecified atom stereocenters. The fourth-order valence-electron chi connectivity index (χ4n) is 1.61. The van der Waals surface area contributed by atoms with E-state index in [1.54, 1.807) is 14.2 Å². The Morgan fingerprint density at radius 3 is 2.50 bits per heavy atom. The van der Waals surface area contributed by atoms with Crippen LogP contribution in [0.3, 0.4) is 0 Å². The summed E-state index contributed by atoms with van der Waals surface area (Å²) in [5, 5.41) is 9.68. The molecule has 0 amide bonds. The van der Waals surface area contributed by atoms with Crippen LogP contribution in [-0.2, 0) is 9.47 Å². The molecule has 0 spiro atoms. The topological polar surface area (TPSA) is 38.7 Å². The van der Waals surface area contributed by atoms with Gasteiger partial charge < -0.3 is 14.6 Å². The van der Waals surface area contributed by atoms with Crippen molar-refractivity contribution in [3.8, 4) is 0 Å². The van der Waals surface area contributed by atoms with Gasteiger partial charge >= 0.3 is 0 Å². The van der Waals surface area contributed by atoms with E-state index in [1.807, 2.05) is 0 Å². The molecule has 0 radical (unpaired) electrons. The molecule has 1 aliphatic rings. The predicted molar refractivity (Wildman–Crippen MR) is 45.7 cm³/mol. The van der Waals surface area contributed by atoms with Gasteiger partial charge in [-0.15, -0.1) is 0 Å². The van der Waals surface area contributed by atoms with E-state index in [2.05, 4.69) is 6.58 Å². The van der Waals surface area contributed by atoms with Gasteiger partial charge in [-0.05, 0) is 12.8 Å². The Hall–Kier alpha value is -0.380. The second-order valence-corrected chi connectivity index (χ2v) is 3.19. The maximum absolute atomic E-state index is 9.68. The van der Waals surface area contributed by atoms with Crippen LogP contribution in [0.25, 0.3) is 0 Å². The Morgan fingerprint density at radius 2 is 2.08 bits per heavy atom. The number of aliphatic hydroxyl groups is 1. The standard InChI is InChI=1S/C9H16O3/c1-7-4-5-9(11-2,12-3)8(10)6-7/h8,10H,1,4-6H2,2-3H3. The van der Waals surface area contributed by atoms with E-state index in [0.717, 1.165) is 12.0 Å². The van der Waals surface area contributed by atoms with Crippen LogP contribution in [0.2, 0.25) is 0 Å². The fourth-order valence-corrected chi connectivity index (χ4v) is 1.61. The molecule has 70 valence electrons. The summed E-state index contributed by atoms with van der Waals surface area (Å²) in [5.74, 6) is -0.804. The monoisotopic (exact) mass is 172 g/mol. The lowest BCUT2D eigenvalue weighted by molar-refractivity contribution is -0.267. The Morgan fingerprint density at radius 1 is 1.50 bits per heavy atom. The predicted octanol–water partition coefficient (Wildman–Crippen LogP) is 1.08. The zero-order chi connectivity index (χ0) is 9.19. The Bertz CT molecular complexity index is 173. The van der Waals surface area contributed by atoms with E-state index in [1.165, 1.54) is 0 Å². The maximum atomic E-state index is 9.68. The van der Waals surface area contributed by atoms with E-state index in [-0.39, 0.29) is 0 Å². The third-order valence-corrected chi connectivity index (χ3v) is 2.51. The first-order valence-corrected chi connectivity index (χ1v) is 4.09. The highest BCUT2D eigenvalue weighted by atomic mass is 16.7. The minimum absolute atomic E-state index is 0.571. The van der Waals surface area contributed by atoms with E-state index in [0.29, 0.717) is 12.8 Å². The summed E-state index contributed by atoms with van der Waals surface area (Å²) in [6.07, 6.45) is 1.52. The van der Waals surface area contributed by atoms with Crippen molar-refractivity contribution in [3.63, 3.8) is 0 Å². The lowest BCUT2D eigenvalue weighted by Gasteiger charge is -2.39. The molecule has 0 bridgehead atoms. The van der Waals surface area contributed by atoms with Crippen molar-refractivity contribution in [2.24, 2.45) is 0 Å². The molecular formula is C9H16O3. The molecule has 0 aliphatic heterocycles. The molecule has 1 saturated carbocycles. The highest BCUT2D eigenvalue weighted by Gasteiger charge is 2.41. The van der Waals surface area contributed by atoms with Crippen molar-refractivity contribution in [2.45, 2.75) is 31.2 Å². The van der Waals surface area contributed by atoms with Crippen LogP contribution in [0.4, 0.5) is 0 Å². The summed E-state index contributed by atoms with van der Waals surface area (Å²) in [7, 11) is 3.11. The van der Waals surface area contributed by atoms with E-state index in [4.69, 9.17) is 9.47 Å². The van der Waals surface area contributed by atoms with Crippen molar-refractivity contribution in [3.05, 3.63) is 12.2 Å². The van der Waals surface area contributed by atoms with Gasteiger partial charge in [0.05, 0.1) is 0 Å². The number of ether oxygens (including phenoxy) is 2. The number of rotatable bonds is 2. The number of hydrogen-bond donors (Lipinski definition) is 1. The van der Waals surface area contributed by atoms with Gasteiger partial charge in [-0.1, -0.05) is 12.2 Å². The SMILES string of the molecule is C=C1CCC(OC)(OC)C(O)C1. The van der Waals surface area contributed by atoms with Crippen LogP contribution >= 0.6 is 0 Å². The largest absolute Gasteiger partial charge is 0.387 e. The molecule has 1 aliphatic carbocycles. The molecule has 0 saturated heterocycles. The molecule has 3 heteroatoms. The van der Waals surface area contributed by atoms with Crippen molar-refractivity contribution >= 4 is 0 Å². The third kappa shape index (κ3) is 1.53. The van der Waals surface area contributed by atoms with Gasteiger partial charge in [0.15, 0.2) is 5.79 Å². The van der Waals surface area contributed by atoms with E-state index < -0.39 is 11.9 Å². The van der Waals surface area contributed by atoms with Crippen molar-refractivity contribution in [2.75, 3.05) is 14.2 Å². The molecule has 0 aromatic carbocycles. The number of methoxy groups -OCH3 is 2. The molecule has 0 aromatic heterocycles. The number of hydrogen-bond acceptors (Lipinski definition) is 3. The van der Waals surface area contributed by atoms with E-state index >= 15 is 0 Å². The zero-order valence-corrected chi connectivity index (χ0v) is 7.67. The average molecular weight is 172 g/mol. The highest BCUT2D eigenvalue weighted by molar-refractivity contribution is 5.05. The number of aliphatic hydroxyl groups excluding tert-OH is 1. The third-order valence-electron chi connectivity index (χ3n) is 2.51. The summed E-state index contributed by atoms with van der Waals surface area (Å²) in [6, 6.07) is 0. The Kier molecular flexibility index (Phi) is 2.88. The lowest BCUT2D eigenvalue weighted by atomic mass is 9.88. The first-order valence-electron chi connectivity index (χ1n) is 4.09. The summed E-state index contributed by atoms with van der Waals surface area (Å²) in [6.45, 7) is 3.83. The minimum atomic E-state index is -0.804. The van der Waals surface area contributed by atoms with Gasteiger partial charge in [0, 0.05) is 20.6 Å². The molecular weight excluding hydrogens is 156 g/mol. The van der Waals surface area contributed by atoms with Gasteiger partial charge in [-0.3, -0.25) is 0 Å². The normalized spacial score (nSPS) is 28.9. The Labute approximate surface area is 73.0 Å². The van der Waals surface area contributed by atoms with Crippen LogP contribution < -0.4 is 0 Å². The van der Waals surface area contributed by atoms with E-state index in [9.17, 15) is 5.11 Å². The second kappa shape index (κ2) is 3.56. The molecule has 0 heterocycles. The van der Waals surface area contributed by atoms with Crippen molar-refractivity contribution in [1.29, 1.82) is 0 Å². The maximum Gasteiger partial charge on any atom is 0.194 e. The van der Waals surface area contributed by atoms with Crippen molar-refractivity contribution in [1.82, 2.24) is 0 Å². The second-order valence-electron chi connectivity index (χ2n) is 3.19. The minimum Gasteiger partial charge on any atom is -0.387 e. The lowest BCUT2D eigenvalue weighted by Crippen LogP contribution is -2.48. The molecule has 12 heavy (non-hydrogen) atoms. The summed E-state index contributed by atoms with van der Waals surface area (Å²) >= 11 is 0. The average Bonchev–Trinajstić information content (AvgIpc) is 2.06. The summed E-state index contributed by atoms with van der Waals surface area (Å²) < 4.78 is 10.4. The molecule has 1 rings (SSSR count). The van der Waals surface area contributed by atoms with Gasteiger partial charge in [0.1, 0.15) is 6.10 Å². The highest BCUT2D eigenvalue weighted by Crippen LogP contribution is 2.34. The van der Waals surface area contributed by atoms with Crippen LogP contribution in [0.1, 0.15) is 19.3 Å².